The summed E-state index contributed by atoms with van der Waals surface area (Å²) >= 11 is 0. The Hall–Kier alpha value is -5.74. The molecule has 6 aromatic carbocycles. The van der Waals surface area contributed by atoms with Crippen molar-refractivity contribution in [2.45, 2.75) is 0 Å². The summed E-state index contributed by atoms with van der Waals surface area (Å²) in [5.74, 6) is 1.62. The van der Waals surface area contributed by atoms with E-state index in [9.17, 15) is 0 Å². The van der Waals surface area contributed by atoms with Crippen LogP contribution in [0.5, 0.6) is 0 Å². The second kappa shape index (κ2) is 10.0. The number of rotatable bonds is 5. The molecule has 4 heteroatoms. The molecule has 8 rings (SSSR count). The fraction of sp³-hybridized carbons (Fsp3) is 0. The molecule has 0 atom stereocenters. The summed E-state index contributed by atoms with van der Waals surface area (Å²) in [6.07, 6.45) is 0. The Morgan fingerprint density at radius 1 is 0.429 bits per heavy atom. The summed E-state index contributed by atoms with van der Waals surface area (Å²) in [5, 5.41) is 11.5. The van der Waals surface area contributed by atoms with Gasteiger partial charge in [0.1, 0.15) is 11.2 Å². The molecule has 0 N–H and O–H groups in total. The summed E-state index contributed by atoms with van der Waals surface area (Å²) in [4.78, 5) is 0. The Labute approximate surface area is 243 Å². The molecule has 0 unspecified atom stereocenters. The fourth-order valence-electron chi connectivity index (χ4n) is 5.72. The van der Waals surface area contributed by atoms with Crippen molar-refractivity contribution >= 4 is 21.9 Å². The normalized spacial score (nSPS) is 11.3. The first kappa shape index (κ1) is 24.1. The van der Waals surface area contributed by atoms with Gasteiger partial charge in [-0.05, 0) is 41.0 Å². The number of nitrogens with zero attached hydrogens (tertiary/aromatic N) is 3. The van der Waals surface area contributed by atoms with Gasteiger partial charge in [0.25, 0.3) is 0 Å². The Balaban J connectivity index is 1.18. The lowest BCUT2D eigenvalue weighted by atomic mass is 9.97. The molecule has 2 heterocycles. The first-order chi connectivity index (χ1) is 20.8. The molecule has 2 aromatic heterocycles. The van der Waals surface area contributed by atoms with E-state index in [1.54, 1.807) is 0 Å². The van der Waals surface area contributed by atoms with Gasteiger partial charge in [-0.25, -0.2) is 0 Å². The molecule has 198 valence electrons. The minimum absolute atomic E-state index is 0.803. The third kappa shape index (κ3) is 4.09. The quantitative estimate of drug-likeness (QED) is 0.219. The van der Waals surface area contributed by atoms with Gasteiger partial charge in [0, 0.05) is 33.2 Å². The average molecular weight is 540 g/mol. The Morgan fingerprint density at radius 3 is 1.79 bits per heavy atom. The van der Waals surface area contributed by atoms with Crippen LogP contribution in [0.4, 0.5) is 0 Å². The van der Waals surface area contributed by atoms with Crippen LogP contribution in [0.15, 0.2) is 156 Å². The molecule has 0 aliphatic carbocycles. The lowest BCUT2D eigenvalue weighted by Gasteiger charge is -2.11. The highest BCUT2D eigenvalue weighted by molar-refractivity contribution is 6.09. The largest absolute Gasteiger partial charge is 0.455 e. The van der Waals surface area contributed by atoms with E-state index in [0.717, 1.165) is 72.7 Å². The molecule has 0 aliphatic heterocycles. The molecule has 8 aromatic rings. The minimum atomic E-state index is 0.803. The van der Waals surface area contributed by atoms with Gasteiger partial charge in [0.15, 0.2) is 11.6 Å². The molecule has 0 saturated carbocycles. The number of hydrogen-bond donors (Lipinski definition) is 0. The monoisotopic (exact) mass is 539 g/mol. The van der Waals surface area contributed by atoms with Crippen LogP contribution in [0.25, 0.3) is 72.7 Å². The predicted octanol–water partition coefficient (Wildman–Crippen LogP) is 9.83. The minimum Gasteiger partial charge on any atom is -0.455 e. The van der Waals surface area contributed by atoms with Gasteiger partial charge in [-0.2, -0.15) is 0 Å². The van der Waals surface area contributed by atoms with Gasteiger partial charge >= 0.3 is 0 Å². The SMILES string of the molecule is c1ccc(-c2nnc(-c3ccc(-c4cccc(-c5cccc6c5oc5ccccc56)c4)cc3)n2-c2ccccc2)cc1. The highest BCUT2D eigenvalue weighted by Gasteiger charge is 2.17. The van der Waals surface area contributed by atoms with Gasteiger partial charge < -0.3 is 4.42 Å². The molecular weight excluding hydrogens is 514 g/mol. The van der Waals surface area contributed by atoms with Crippen LogP contribution in [-0.4, -0.2) is 14.8 Å². The number of para-hydroxylation sites is 3. The van der Waals surface area contributed by atoms with Crippen molar-refractivity contribution in [3.63, 3.8) is 0 Å². The molecule has 0 amide bonds. The van der Waals surface area contributed by atoms with Crippen LogP contribution in [-0.2, 0) is 0 Å². The van der Waals surface area contributed by atoms with Crippen molar-refractivity contribution in [3.05, 3.63) is 152 Å². The van der Waals surface area contributed by atoms with E-state index in [1.165, 1.54) is 0 Å². The van der Waals surface area contributed by atoms with Crippen LogP contribution in [0, 0.1) is 0 Å². The van der Waals surface area contributed by atoms with Crippen molar-refractivity contribution in [1.82, 2.24) is 14.8 Å². The number of benzene rings is 6. The smallest absolute Gasteiger partial charge is 0.168 e. The molecule has 0 radical (unpaired) electrons. The fourth-order valence-corrected chi connectivity index (χ4v) is 5.72. The zero-order chi connectivity index (χ0) is 27.9. The maximum Gasteiger partial charge on any atom is 0.168 e. The third-order valence-corrected chi connectivity index (χ3v) is 7.76. The average Bonchev–Trinajstić information content (AvgIpc) is 3.68. The van der Waals surface area contributed by atoms with Crippen LogP contribution in [0.1, 0.15) is 0 Å². The molecule has 0 spiro atoms. The molecule has 0 fully saturated rings. The van der Waals surface area contributed by atoms with Gasteiger partial charge in [-0.15, -0.1) is 10.2 Å². The molecule has 0 bridgehead atoms. The summed E-state index contributed by atoms with van der Waals surface area (Å²) in [5.41, 5.74) is 9.35. The molecule has 42 heavy (non-hydrogen) atoms. The van der Waals surface area contributed by atoms with Crippen molar-refractivity contribution in [1.29, 1.82) is 0 Å². The van der Waals surface area contributed by atoms with E-state index >= 15 is 0 Å². The Morgan fingerprint density at radius 2 is 1.00 bits per heavy atom. The number of aromatic nitrogens is 3. The van der Waals surface area contributed by atoms with Gasteiger partial charge in [-0.3, -0.25) is 4.57 Å². The van der Waals surface area contributed by atoms with Crippen LogP contribution in [0.3, 0.4) is 0 Å². The van der Waals surface area contributed by atoms with Crippen molar-refractivity contribution < 1.29 is 4.42 Å². The first-order valence-electron chi connectivity index (χ1n) is 14.0. The summed E-state index contributed by atoms with van der Waals surface area (Å²) < 4.78 is 8.44. The van der Waals surface area contributed by atoms with E-state index in [0.29, 0.717) is 0 Å². The lowest BCUT2D eigenvalue weighted by molar-refractivity contribution is 0.670. The van der Waals surface area contributed by atoms with Crippen LogP contribution >= 0.6 is 0 Å². The van der Waals surface area contributed by atoms with Crippen LogP contribution < -0.4 is 0 Å². The maximum atomic E-state index is 6.31. The zero-order valence-electron chi connectivity index (χ0n) is 22.7. The van der Waals surface area contributed by atoms with Crippen molar-refractivity contribution in [2.75, 3.05) is 0 Å². The number of hydrogen-bond acceptors (Lipinski definition) is 3. The molecule has 0 aliphatic rings. The number of fused-ring (bicyclic) bond motifs is 3. The zero-order valence-corrected chi connectivity index (χ0v) is 22.7. The predicted molar refractivity (Wildman–Crippen MR) is 170 cm³/mol. The Bertz CT molecular complexity index is 2180. The van der Waals surface area contributed by atoms with Gasteiger partial charge in [0.2, 0.25) is 0 Å². The highest BCUT2D eigenvalue weighted by atomic mass is 16.3. The topological polar surface area (TPSA) is 43.9 Å². The molecule has 4 nitrogen and oxygen atoms in total. The Kier molecular flexibility index (Phi) is 5.75. The second-order valence-corrected chi connectivity index (χ2v) is 10.3. The van der Waals surface area contributed by atoms with Crippen molar-refractivity contribution in [3.8, 4) is 50.7 Å². The highest BCUT2D eigenvalue weighted by Crippen LogP contribution is 2.37. The first-order valence-corrected chi connectivity index (χ1v) is 14.0. The van der Waals surface area contributed by atoms with Gasteiger partial charge in [0.05, 0.1) is 0 Å². The van der Waals surface area contributed by atoms with E-state index in [1.807, 2.05) is 48.5 Å². The third-order valence-electron chi connectivity index (χ3n) is 7.76. The molecule has 0 saturated heterocycles. The summed E-state index contributed by atoms with van der Waals surface area (Å²) in [7, 11) is 0. The maximum absolute atomic E-state index is 6.31. The van der Waals surface area contributed by atoms with E-state index in [4.69, 9.17) is 4.42 Å². The second-order valence-electron chi connectivity index (χ2n) is 10.3. The lowest BCUT2D eigenvalue weighted by Crippen LogP contribution is -2.00. The van der Waals surface area contributed by atoms with E-state index < -0.39 is 0 Å². The van der Waals surface area contributed by atoms with Crippen LogP contribution in [0.2, 0.25) is 0 Å². The van der Waals surface area contributed by atoms with E-state index in [2.05, 4.69) is 118 Å². The molecular formula is C38H25N3O. The summed E-state index contributed by atoms with van der Waals surface area (Å²) in [6, 6.07) is 52.2. The van der Waals surface area contributed by atoms with Gasteiger partial charge in [-0.1, -0.05) is 127 Å². The van der Waals surface area contributed by atoms with Crippen molar-refractivity contribution in [2.24, 2.45) is 0 Å². The number of furan rings is 1. The standard InChI is InChI=1S/C38H25N3O/c1-3-11-27(12-4-1)37-39-40-38(41(37)31-15-5-2-6-16-31)28-23-21-26(22-24-28)29-13-9-14-30(25-29)32-18-10-19-34-33-17-7-8-20-35(33)42-36(32)34/h1-25H. The summed E-state index contributed by atoms with van der Waals surface area (Å²) in [6.45, 7) is 0. The van der Waals surface area contributed by atoms with E-state index in [-0.39, 0.29) is 0 Å².